The molecule has 5 nitrogen and oxygen atoms in total. The monoisotopic (exact) mass is 237 g/mol. The Balaban J connectivity index is 2.34. The number of hydrogen-bond donors (Lipinski definition) is 1. The molecule has 0 unspecified atom stereocenters. The molecular weight excluding hydrogens is 226 g/mol. The van der Waals surface area contributed by atoms with Crippen molar-refractivity contribution in [2.24, 2.45) is 0 Å². The smallest absolute Gasteiger partial charge is 0.271 e. The van der Waals surface area contributed by atoms with Crippen LogP contribution in [-0.2, 0) is 11.3 Å². The number of fused-ring (bicyclic) bond motifs is 1. The molecule has 2 rings (SSSR count). The van der Waals surface area contributed by atoms with Gasteiger partial charge in [-0.05, 0) is 18.4 Å². The molecule has 0 radical (unpaired) electrons. The van der Waals surface area contributed by atoms with Gasteiger partial charge in [0.15, 0.2) is 0 Å². The summed E-state index contributed by atoms with van der Waals surface area (Å²) >= 11 is 1.34. The first-order valence-electron chi connectivity index (χ1n) is 4.91. The quantitative estimate of drug-likeness (QED) is 0.850. The summed E-state index contributed by atoms with van der Waals surface area (Å²) < 4.78 is 1.91. The fourth-order valence-electron chi connectivity index (χ4n) is 1.40. The van der Waals surface area contributed by atoms with Crippen LogP contribution in [0.5, 0.6) is 0 Å². The minimum Gasteiger partial charge on any atom is -0.355 e. The standard InChI is InChI=1S/C10H11N3O2S/c1-2-11-8(14)5-13-6-12-7-3-4-16-9(7)10(13)15/h3-4,6H,2,5H2,1H3,(H,11,14). The Morgan fingerprint density at radius 1 is 1.62 bits per heavy atom. The summed E-state index contributed by atoms with van der Waals surface area (Å²) in [5.41, 5.74) is 0.522. The third kappa shape index (κ3) is 1.96. The molecule has 0 saturated heterocycles. The molecule has 1 amide bonds. The minimum absolute atomic E-state index is 0.0213. The second kappa shape index (κ2) is 4.44. The lowest BCUT2D eigenvalue weighted by Gasteiger charge is -2.04. The number of likely N-dealkylation sites (N-methyl/N-ethyl adjacent to an activating group) is 1. The van der Waals surface area contributed by atoms with Crippen LogP contribution in [0, 0.1) is 0 Å². The number of nitrogens with one attached hydrogen (secondary N) is 1. The van der Waals surface area contributed by atoms with Crippen molar-refractivity contribution < 1.29 is 4.79 Å². The van der Waals surface area contributed by atoms with Crippen LogP contribution >= 0.6 is 11.3 Å². The van der Waals surface area contributed by atoms with Crippen molar-refractivity contribution in [3.8, 4) is 0 Å². The van der Waals surface area contributed by atoms with Crippen molar-refractivity contribution in [3.63, 3.8) is 0 Å². The first-order valence-corrected chi connectivity index (χ1v) is 5.79. The molecular formula is C10H11N3O2S. The molecule has 0 aliphatic carbocycles. The summed E-state index contributed by atoms with van der Waals surface area (Å²) in [5, 5.41) is 4.46. The number of thiophene rings is 1. The highest BCUT2D eigenvalue weighted by molar-refractivity contribution is 7.17. The third-order valence-electron chi connectivity index (χ3n) is 2.12. The van der Waals surface area contributed by atoms with Gasteiger partial charge in [0.1, 0.15) is 11.2 Å². The number of aromatic nitrogens is 2. The Bertz CT molecular complexity index is 573. The Labute approximate surface area is 95.7 Å². The summed E-state index contributed by atoms with van der Waals surface area (Å²) in [6, 6.07) is 1.79. The SMILES string of the molecule is CCNC(=O)Cn1cnc2ccsc2c1=O. The highest BCUT2D eigenvalue weighted by atomic mass is 32.1. The summed E-state index contributed by atoms with van der Waals surface area (Å²) in [4.78, 5) is 27.3. The zero-order valence-corrected chi connectivity index (χ0v) is 9.58. The maximum absolute atomic E-state index is 11.9. The topological polar surface area (TPSA) is 64.0 Å². The van der Waals surface area contributed by atoms with E-state index in [4.69, 9.17) is 0 Å². The molecule has 0 saturated carbocycles. The van der Waals surface area contributed by atoms with E-state index in [0.29, 0.717) is 16.8 Å². The van der Waals surface area contributed by atoms with Gasteiger partial charge in [0.2, 0.25) is 5.91 Å². The summed E-state index contributed by atoms with van der Waals surface area (Å²) in [6.45, 7) is 2.41. The van der Waals surface area contributed by atoms with Crippen molar-refractivity contribution in [2.75, 3.05) is 6.54 Å². The molecule has 6 heteroatoms. The Hall–Kier alpha value is -1.69. The molecule has 0 bridgehead atoms. The van der Waals surface area contributed by atoms with Gasteiger partial charge in [0.25, 0.3) is 5.56 Å². The van der Waals surface area contributed by atoms with E-state index in [1.807, 2.05) is 12.3 Å². The maximum Gasteiger partial charge on any atom is 0.271 e. The van der Waals surface area contributed by atoms with Gasteiger partial charge in [-0.25, -0.2) is 4.98 Å². The normalized spacial score (nSPS) is 10.6. The fraction of sp³-hybridized carbons (Fsp3) is 0.300. The molecule has 0 atom stereocenters. The van der Waals surface area contributed by atoms with Gasteiger partial charge in [0, 0.05) is 6.54 Å². The molecule has 0 aromatic carbocycles. The van der Waals surface area contributed by atoms with Gasteiger partial charge in [-0.1, -0.05) is 0 Å². The highest BCUT2D eigenvalue weighted by Crippen LogP contribution is 2.12. The Morgan fingerprint density at radius 2 is 2.44 bits per heavy atom. The lowest BCUT2D eigenvalue weighted by atomic mass is 10.4. The lowest BCUT2D eigenvalue weighted by molar-refractivity contribution is -0.121. The van der Waals surface area contributed by atoms with E-state index in [2.05, 4.69) is 10.3 Å². The van der Waals surface area contributed by atoms with Crippen molar-refractivity contribution in [1.82, 2.24) is 14.9 Å². The maximum atomic E-state index is 11.9. The molecule has 2 aromatic rings. The zero-order valence-electron chi connectivity index (χ0n) is 8.77. The second-order valence-corrected chi connectivity index (χ2v) is 4.18. The first kappa shape index (κ1) is 10.8. The van der Waals surface area contributed by atoms with Crippen LogP contribution in [-0.4, -0.2) is 22.0 Å². The summed E-state index contributed by atoms with van der Waals surface area (Å²) in [6.07, 6.45) is 1.41. The first-order chi connectivity index (χ1) is 7.72. The number of amides is 1. The van der Waals surface area contributed by atoms with E-state index in [0.717, 1.165) is 0 Å². The molecule has 16 heavy (non-hydrogen) atoms. The largest absolute Gasteiger partial charge is 0.355 e. The zero-order chi connectivity index (χ0) is 11.5. The fourth-order valence-corrected chi connectivity index (χ4v) is 2.19. The summed E-state index contributed by atoms with van der Waals surface area (Å²) in [5.74, 6) is -0.178. The molecule has 2 aromatic heterocycles. The van der Waals surface area contributed by atoms with Crippen molar-refractivity contribution in [2.45, 2.75) is 13.5 Å². The van der Waals surface area contributed by atoms with Gasteiger partial charge < -0.3 is 5.32 Å². The van der Waals surface area contributed by atoms with E-state index >= 15 is 0 Å². The summed E-state index contributed by atoms with van der Waals surface area (Å²) in [7, 11) is 0. The van der Waals surface area contributed by atoms with E-state index < -0.39 is 0 Å². The average molecular weight is 237 g/mol. The Kier molecular flexibility index (Phi) is 3.00. The van der Waals surface area contributed by atoms with E-state index in [-0.39, 0.29) is 18.0 Å². The molecule has 84 valence electrons. The van der Waals surface area contributed by atoms with Crippen LogP contribution in [0.3, 0.4) is 0 Å². The van der Waals surface area contributed by atoms with Crippen molar-refractivity contribution in [3.05, 3.63) is 28.1 Å². The number of rotatable bonds is 3. The van der Waals surface area contributed by atoms with Gasteiger partial charge in [0.05, 0.1) is 11.8 Å². The van der Waals surface area contributed by atoms with E-state index in [1.54, 1.807) is 6.07 Å². The Morgan fingerprint density at radius 3 is 3.19 bits per heavy atom. The van der Waals surface area contributed by atoms with Gasteiger partial charge in [-0.2, -0.15) is 0 Å². The van der Waals surface area contributed by atoms with E-state index in [1.165, 1.54) is 22.2 Å². The lowest BCUT2D eigenvalue weighted by Crippen LogP contribution is -2.31. The van der Waals surface area contributed by atoms with Crippen molar-refractivity contribution >= 4 is 27.5 Å². The van der Waals surface area contributed by atoms with Crippen LogP contribution in [0.25, 0.3) is 10.2 Å². The number of nitrogens with zero attached hydrogens (tertiary/aromatic N) is 2. The van der Waals surface area contributed by atoms with Gasteiger partial charge in [-0.15, -0.1) is 11.3 Å². The molecule has 1 N–H and O–H groups in total. The molecule has 0 fully saturated rings. The van der Waals surface area contributed by atoms with Crippen LogP contribution in [0.2, 0.25) is 0 Å². The minimum atomic E-state index is -0.178. The second-order valence-electron chi connectivity index (χ2n) is 3.27. The predicted octanol–water partition coefficient (Wildman–Crippen LogP) is 0.594. The predicted molar refractivity (Wildman–Crippen MR) is 62.6 cm³/mol. The highest BCUT2D eigenvalue weighted by Gasteiger charge is 2.07. The van der Waals surface area contributed by atoms with E-state index in [9.17, 15) is 9.59 Å². The number of carbonyl (C=O) groups excluding carboxylic acids is 1. The third-order valence-corrected chi connectivity index (χ3v) is 3.02. The molecule has 0 aliphatic rings. The van der Waals surface area contributed by atoms with Crippen LogP contribution in [0.4, 0.5) is 0 Å². The van der Waals surface area contributed by atoms with Crippen LogP contribution in [0.1, 0.15) is 6.92 Å². The molecule has 0 spiro atoms. The average Bonchev–Trinajstić information content (AvgIpc) is 2.71. The van der Waals surface area contributed by atoms with Gasteiger partial charge >= 0.3 is 0 Å². The number of carbonyl (C=O) groups is 1. The molecule has 2 heterocycles. The number of hydrogen-bond acceptors (Lipinski definition) is 4. The molecule has 0 aliphatic heterocycles. The van der Waals surface area contributed by atoms with Crippen LogP contribution < -0.4 is 10.9 Å². The van der Waals surface area contributed by atoms with Crippen LogP contribution in [0.15, 0.2) is 22.6 Å². The van der Waals surface area contributed by atoms with Crippen molar-refractivity contribution in [1.29, 1.82) is 0 Å². The van der Waals surface area contributed by atoms with Gasteiger partial charge in [-0.3, -0.25) is 14.2 Å².